The average Bonchev–Trinajstić information content (AvgIpc) is 4.06. The van der Waals surface area contributed by atoms with Crippen molar-refractivity contribution in [3.05, 3.63) is 247 Å². The minimum atomic E-state index is 0.717. The molecule has 0 unspecified atom stereocenters. The smallest absolute Gasteiger partial charge is 0.160 e. The van der Waals surface area contributed by atoms with E-state index < -0.39 is 0 Å². The molecule has 0 atom stereocenters. The first kappa shape index (κ1) is 41.6. The molecule has 72 heavy (non-hydrogen) atoms. The Morgan fingerprint density at radius 1 is 0.278 bits per heavy atom. The third kappa shape index (κ3) is 6.69. The summed E-state index contributed by atoms with van der Waals surface area (Å²) in [7, 11) is 0. The van der Waals surface area contributed by atoms with E-state index in [2.05, 4.69) is 265 Å². The lowest BCUT2D eigenvalue weighted by Gasteiger charge is -2.14. The predicted molar refractivity (Wildman–Crippen MR) is 301 cm³/mol. The van der Waals surface area contributed by atoms with Crippen LogP contribution in [0.25, 0.3) is 128 Å². The number of aromatic nitrogens is 5. The number of hydrogen-bond donors (Lipinski definition) is 0. The lowest BCUT2D eigenvalue weighted by molar-refractivity contribution is 1.14. The van der Waals surface area contributed by atoms with Crippen molar-refractivity contribution in [2.24, 2.45) is 0 Å². The van der Waals surface area contributed by atoms with Crippen molar-refractivity contribution >= 4 is 65.4 Å². The molecule has 0 spiro atoms. The van der Waals surface area contributed by atoms with Crippen molar-refractivity contribution in [3.63, 3.8) is 0 Å². The fraction of sp³-hybridized carbons (Fsp3) is 0.0448. The average molecular weight is 922 g/mol. The highest BCUT2D eigenvalue weighted by atomic mass is 15.0. The van der Waals surface area contributed by atoms with E-state index in [1.807, 2.05) is 0 Å². The number of nitrogens with zero attached hydrogens (tertiary/aromatic N) is 5. The molecule has 0 amide bonds. The van der Waals surface area contributed by atoms with Crippen LogP contribution >= 0.6 is 0 Å². The van der Waals surface area contributed by atoms with Gasteiger partial charge in [-0.25, -0.2) is 9.97 Å². The quantitative estimate of drug-likeness (QED) is 0.160. The van der Waals surface area contributed by atoms with Crippen LogP contribution in [-0.2, 0) is 0 Å². The lowest BCUT2D eigenvalue weighted by atomic mass is 9.99. The van der Waals surface area contributed by atoms with Gasteiger partial charge >= 0.3 is 0 Å². The third-order valence-corrected chi connectivity index (χ3v) is 14.7. The largest absolute Gasteiger partial charge is 0.309 e. The second kappa shape index (κ2) is 16.4. The van der Waals surface area contributed by atoms with E-state index >= 15 is 0 Å². The summed E-state index contributed by atoms with van der Waals surface area (Å²) < 4.78 is 7.31. The molecule has 4 heterocycles. The maximum absolute atomic E-state index is 5.13. The van der Waals surface area contributed by atoms with Crippen LogP contribution in [0.15, 0.2) is 231 Å². The standard InChI is InChI=1S/C67H47N5/c1-42-20-24-46(25-21-42)58-41-59(69-67(68-58)48-26-22-43(2)23-27-48)47-30-28-45(29-31-47)49-32-35-60(44(3)38-49)72-65-36-33-50(70-61-16-8-4-12-52(61)53-13-5-9-17-62(53)70)39-56(65)57-40-51(34-37-66(57)72)71-63-18-10-6-14-54(63)55-15-7-11-19-64(55)71/h4-41H,1-3H3. The summed E-state index contributed by atoms with van der Waals surface area (Å²) in [5.41, 5.74) is 21.4. The van der Waals surface area contributed by atoms with Gasteiger partial charge in [-0.1, -0.05) is 163 Å². The highest BCUT2D eigenvalue weighted by Gasteiger charge is 2.20. The van der Waals surface area contributed by atoms with Crippen molar-refractivity contribution in [2.45, 2.75) is 20.8 Å². The zero-order chi connectivity index (χ0) is 48.0. The van der Waals surface area contributed by atoms with Gasteiger partial charge in [0.2, 0.25) is 0 Å². The summed E-state index contributed by atoms with van der Waals surface area (Å²) in [6.07, 6.45) is 0. The number of hydrogen-bond acceptors (Lipinski definition) is 2. The van der Waals surface area contributed by atoms with Gasteiger partial charge in [-0.2, -0.15) is 0 Å². The first-order valence-corrected chi connectivity index (χ1v) is 24.7. The van der Waals surface area contributed by atoms with Gasteiger partial charge in [-0.05, 0) is 116 Å². The van der Waals surface area contributed by atoms with Gasteiger partial charge in [0.15, 0.2) is 5.82 Å². The van der Waals surface area contributed by atoms with Crippen LogP contribution in [0.1, 0.15) is 16.7 Å². The molecular formula is C67H47N5. The fourth-order valence-corrected chi connectivity index (χ4v) is 11.2. The van der Waals surface area contributed by atoms with Crippen molar-refractivity contribution in [1.29, 1.82) is 0 Å². The van der Waals surface area contributed by atoms with Crippen LogP contribution in [-0.4, -0.2) is 23.7 Å². The molecular weight excluding hydrogens is 875 g/mol. The van der Waals surface area contributed by atoms with E-state index in [0.717, 1.165) is 67.3 Å². The van der Waals surface area contributed by atoms with Gasteiger partial charge in [0, 0.05) is 66.1 Å². The predicted octanol–water partition coefficient (Wildman–Crippen LogP) is 17.4. The Kier molecular flexibility index (Phi) is 9.48. The Bertz CT molecular complexity index is 4110. The first-order valence-electron chi connectivity index (χ1n) is 24.7. The van der Waals surface area contributed by atoms with Gasteiger partial charge in [0.05, 0.1) is 44.5 Å². The van der Waals surface area contributed by atoms with Crippen LogP contribution < -0.4 is 0 Å². The number of fused-ring (bicyclic) bond motifs is 9. The fourth-order valence-electron chi connectivity index (χ4n) is 11.2. The number of benzene rings is 10. The summed E-state index contributed by atoms with van der Waals surface area (Å²) in [5, 5.41) is 7.41. The van der Waals surface area contributed by atoms with Gasteiger partial charge < -0.3 is 13.7 Å². The highest BCUT2D eigenvalue weighted by Crippen LogP contribution is 2.41. The monoisotopic (exact) mass is 921 g/mol. The topological polar surface area (TPSA) is 40.6 Å². The van der Waals surface area contributed by atoms with E-state index in [1.54, 1.807) is 0 Å². The van der Waals surface area contributed by atoms with E-state index in [-0.39, 0.29) is 0 Å². The van der Waals surface area contributed by atoms with Crippen molar-refractivity contribution in [1.82, 2.24) is 23.7 Å². The molecule has 5 nitrogen and oxygen atoms in total. The maximum Gasteiger partial charge on any atom is 0.160 e. The normalized spacial score (nSPS) is 11.8. The van der Waals surface area contributed by atoms with E-state index in [1.165, 1.54) is 71.1 Å². The molecule has 0 aliphatic heterocycles. The molecule has 0 radical (unpaired) electrons. The molecule has 0 aliphatic carbocycles. The molecule has 0 N–H and O–H groups in total. The van der Waals surface area contributed by atoms with E-state index in [4.69, 9.17) is 9.97 Å². The van der Waals surface area contributed by atoms with Crippen molar-refractivity contribution in [3.8, 4) is 62.1 Å². The zero-order valence-electron chi connectivity index (χ0n) is 40.2. The van der Waals surface area contributed by atoms with Crippen LogP contribution in [0.4, 0.5) is 0 Å². The van der Waals surface area contributed by atoms with E-state index in [9.17, 15) is 0 Å². The molecule has 0 aliphatic rings. The molecule has 5 heteroatoms. The highest BCUT2D eigenvalue weighted by molar-refractivity contribution is 6.14. The Morgan fingerprint density at radius 3 is 1.10 bits per heavy atom. The number of para-hydroxylation sites is 4. The van der Waals surface area contributed by atoms with Crippen LogP contribution in [0.3, 0.4) is 0 Å². The molecule has 14 aromatic rings. The summed E-state index contributed by atoms with van der Waals surface area (Å²) in [4.78, 5) is 10.2. The molecule has 4 aromatic heterocycles. The Hall–Kier alpha value is -9.32. The SMILES string of the molecule is Cc1ccc(-c2cc(-c3ccc(-c4ccc(-n5c6ccc(-n7c8ccccc8c8ccccc87)cc6c6cc(-n7c8ccccc8c8ccccc87)ccc65)c(C)c4)cc3)nc(-c3ccc(C)cc3)n2)cc1. The first-order chi connectivity index (χ1) is 35.4. The molecule has 0 fully saturated rings. The molecule has 0 saturated heterocycles. The minimum absolute atomic E-state index is 0.717. The van der Waals surface area contributed by atoms with Crippen LogP contribution in [0, 0.1) is 20.8 Å². The van der Waals surface area contributed by atoms with Gasteiger partial charge in [0.25, 0.3) is 0 Å². The van der Waals surface area contributed by atoms with Crippen molar-refractivity contribution in [2.75, 3.05) is 0 Å². The van der Waals surface area contributed by atoms with Crippen LogP contribution in [0.5, 0.6) is 0 Å². The summed E-state index contributed by atoms with van der Waals surface area (Å²) >= 11 is 0. The van der Waals surface area contributed by atoms with Gasteiger partial charge in [-0.15, -0.1) is 0 Å². The summed E-state index contributed by atoms with van der Waals surface area (Å²) in [5.74, 6) is 0.717. The van der Waals surface area contributed by atoms with Crippen molar-refractivity contribution < 1.29 is 0 Å². The Labute approximate surface area is 417 Å². The maximum atomic E-state index is 5.13. The van der Waals surface area contributed by atoms with Gasteiger partial charge in [-0.3, -0.25) is 0 Å². The molecule has 0 bridgehead atoms. The molecule has 10 aromatic carbocycles. The Morgan fingerprint density at radius 2 is 0.653 bits per heavy atom. The zero-order valence-corrected chi connectivity index (χ0v) is 40.2. The second-order valence-electron chi connectivity index (χ2n) is 19.3. The summed E-state index contributed by atoms with van der Waals surface area (Å²) in [6.45, 7) is 6.45. The third-order valence-electron chi connectivity index (χ3n) is 14.7. The number of aryl methyl sites for hydroxylation is 3. The Balaban J connectivity index is 0.896. The molecule has 0 saturated carbocycles. The van der Waals surface area contributed by atoms with E-state index in [0.29, 0.717) is 5.82 Å². The number of rotatable bonds is 7. The van der Waals surface area contributed by atoms with Crippen LogP contribution in [0.2, 0.25) is 0 Å². The molecule has 14 rings (SSSR count). The minimum Gasteiger partial charge on any atom is -0.309 e. The summed E-state index contributed by atoms with van der Waals surface area (Å²) in [6, 6.07) is 83.9. The second-order valence-corrected chi connectivity index (χ2v) is 19.3. The lowest BCUT2D eigenvalue weighted by Crippen LogP contribution is -1.99. The molecule has 340 valence electrons. The van der Waals surface area contributed by atoms with Gasteiger partial charge in [0.1, 0.15) is 0 Å².